The van der Waals surface area contributed by atoms with E-state index in [0.717, 1.165) is 5.56 Å². The van der Waals surface area contributed by atoms with Gasteiger partial charge in [0.15, 0.2) is 6.10 Å². The van der Waals surface area contributed by atoms with Crippen molar-refractivity contribution in [2.75, 3.05) is 20.0 Å². The molecule has 0 heterocycles. The van der Waals surface area contributed by atoms with Crippen LogP contribution in [0.4, 0.5) is 5.69 Å². The lowest BCUT2D eigenvalue weighted by Crippen LogP contribution is -2.27. The summed E-state index contributed by atoms with van der Waals surface area (Å²) in [5.41, 5.74) is 7.99. The predicted octanol–water partition coefficient (Wildman–Crippen LogP) is 3.63. The van der Waals surface area contributed by atoms with E-state index >= 15 is 0 Å². The lowest BCUT2D eigenvalue weighted by atomic mass is 10.0. The summed E-state index contributed by atoms with van der Waals surface area (Å²) in [5.74, 6) is 1.43. The third-order valence-corrected chi connectivity index (χ3v) is 3.77. The predicted molar refractivity (Wildman–Crippen MR) is 94.2 cm³/mol. The largest absolute Gasteiger partial charge is 0.497 e. The molecule has 0 spiro atoms. The van der Waals surface area contributed by atoms with Crippen LogP contribution < -0.4 is 19.9 Å². The third-order valence-electron chi connectivity index (χ3n) is 3.77. The molecule has 128 valence electrons. The van der Waals surface area contributed by atoms with Gasteiger partial charge in [-0.2, -0.15) is 0 Å². The number of ether oxygens (including phenoxy) is 3. The van der Waals surface area contributed by atoms with Crippen molar-refractivity contribution in [1.82, 2.24) is 0 Å². The summed E-state index contributed by atoms with van der Waals surface area (Å²) in [4.78, 5) is 12.9. The minimum absolute atomic E-state index is 0.156. The molecule has 0 aromatic heterocycles. The molecule has 1 atom stereocenters. The van der Waals surface area contributed by atoms with E-state index in [2.05, 4.69) is 0 Å². The van der Waals surface area contributed by atoms with E-state index in [0.29, 0.717) is 34.9 Å². The molecule has 0 aliphatic carbocycles. The highest BCUT2D eigenvalue weighted by Crippen LogP contribution is 2.29. The minimum Gasteiger partial charge on any atom is -0.497 e. The second kappa shape index (κ2) is 7.73. The summed E-state index contributed by atoms with van der Waals surface area (Å²) in [7, 11) is 3.08. The van der Waals surface area contributed by atoms with E-state index in [4.69, 9.17) is 19.9 Å². The zero-order chi connectivity index (χ0) is 17.7. The van der Waals surface area contributed by atoms with E-state index in [1.54, 1.807) is 31.4 Å². The Morgan fingerprint density at radius 2 is 1.83 bits per heavy atom. The van der Waals surface area contributed by atoms with Crippen LogP contribution in [0.3, 0.4) is 0 Å². The van der Waals surface area contributed by atoms with Gasteiger partial charge in [0.2, 0.25) is 5.78 Å². The lowest BCUT2D eigenvalue weighted by Gasteiger charge is -2.19. The Bertz CT molecular complexity index is 727. The smallest absolute Gasteiger partial charge is 0.206 e. The Balaban J connectivity index is 2.28. The second-order valence-corrected chi connectivity index (χ2v) is 5.49. The van der Waals surface area contributed by atoms with E-state index in [1.807, 2.05) is 26.0 Å². The molecule has 0 saturated heterocycles. The fourth-order valence-corrected chi connectivity index (χ4v) is 2.43. The number of aryl methyl sites for hydroxylation is 1. The molecular weight excluding hydrogens is 306 g/mol. The molecule has 0 fully saturated rings. The number of anilines is 1. The molecule has 2 rings (SSSR count). The summed E-state index contributed by atoms with van der Waals surface area (Å²) in [6.07, 6.45) is -0.126. The average molecular weight is 329 g/mol. The maximum absolute atomic E-state index is 12.9. The maximum Gasteiger partial charge on any atom is 0.206 e. The highest BCUT2D eigenvalue weighted by atomic mass is 16.5. The molecule has 1 unspecified atom stereocenters. The van der Waals surface area contributed by atoms with E-state index in [-0.39, 0.29) is 5.78 Å². The van der Waals surface area contributed by atoms with E-state index in [1.165, 1.54) is 7.11 Å². The number of hydrogen-bond donors (Lipinski definition) is 1. The van der Waals surface area contributed by atoms with Crippen LogP contribution in [-0.4, -0.2) is 26.1 Å². The summed E-state index contributed by atoms with van der Waals surface area (Å²) < 4.78 is 16.3. The van der Waals surface area contributed by atoms with Crippen molar-refractivity contribution in [2.45, 2.75) is 26.4 Å². The van der Waals surface area contributed by atoms with Crippen molar-refractivity contribution >= 4 is 11.5 Å². The molecule has 2 N–H and O–H groups in total. The molecule has 2 aromatic carbocycles. The summed E-state index contributed by atoms with van der Waals surface area (Å²) in [6.45, 7) is 3.84. The van der Waals surface area contributed by atoms with Gasteiger partial charge in [-0.1, -0.05) is 13.0 Å². The molecule has 5 heteroatoms. The van der Waals surface area contributed by atoms with Crippen LogP contribution in [0.25, 0.3) is 0 Å². The Kier molecular flexibility index (Phi) is 5.68. The highest BCUT2D eigenvalue weighted by molar-refractivity contribution is 6.02. The number of benzene rings is 2. The Morgan fingerprint density at radius 3 is 2.42 bits per heavy atom. The molecule has 2 aromatic rings. The number of Topliss-reactive ketones (excluding diaryl/α,β-unsaturated/α-hetero) is 1. The number of carbonyl (C=O) groups is 1. The van der Waals surface area contributed by atoms with Gasteiger partial charge in [-0.15, -0.1) is 0 Å². The number of carbonyl (C=O) groups excluding carboxylic acids is 1. The number of methoxy groups -OCH3 is 2. The first kappa shape index (κ1) is 17.7. The third kappa shape index (κ3) is 3.79. The Hall–Kier alpha value is -2.69. The van der Waals surface area contributed by atoms with Crippen LogP contribution in [0.15, 0.2) is 36.4 Å². The first-order chi connectivity index (χ1) is 11.5. The van der Waals surface area contributed by atoms with Gasteiger partial charge >= 0.3 is 0 Å². The first-order valence-corrected chi connectivity index (χ1v) is 7.79. The van der Waals surface area contributed by atoms with Crippen molar-refractivity contribution in [3.05, 3.63) is 47.5 Å². The fourth-order valence-electron chi connectivity index (χ4n) is 2.43. The molecule has 0 radical (unpaired) electrons. The van der Waals surface area contributed by atoms with Crippen LogP contribution in [0.2, 0.25) is 0 Å². The first-order valence-electron chi connectivity index (χ1n) is 7.79. The molecule has 5 nitrogen and oxygen atoms in total. The van der Waals surface area contributed by atoms with Gasteiger partial charge < -0.3 is 19.9 Å². The van der Waals surface area contributed by atoms with Gasteiger partial charge in [-0.3, -0.25) is 4.79 Å². The van der Waals surface area contributed by atoms with Gasteiger partial charge in [0.1, 0.15) is 17.2 Å². The number of ketones is 1. The number of nitrogen functional groups attached to an aromatic ring is 1. The van der Waals surface area contributed by atoms with Gasteiger partial charge in [0.05, 0.1) is 25.5 Å². The molecule has 0 bridgehead atoms. The normalized spacial score (nSPS) is 11.7. The topological polar surface area (TPSA) is 70.8 Å². The van der Waals surface area contributed by atoms with Crippen LogP contribution >= 0.6 is 0 Å². The molecule has 0 amide bonds. The number of hydrogen-bond acceptors (Lipinski definition) is 5. The fraction of sp³-hybridized carbons (Fsp3) is 0.316. The van der Waals surface area contributed by atoms with Crippen molar-refractivity contribution in [3.8, 4) is 17.2 Å². The Morgan fingerprint density at radius 1 is 1.08 bits per heavy atom. The molecule has 24 heavy (non-hydrogen) atoms. The molecular formula is C19H23NO4. The quantitative estimate of drug-likeness (QED) is 0.620. The van der Waals surface area contributed by atoms with Crippen LogP contribution in [0, 0.1) is 6.92 Å². The Labute approximate surface area is 142 Å². The van der Waals surface area contributed by atoms with Crippen LogP contribution in [0.5, 0.6) is 17.2 Å². The van der Waals surface area contributed by atoms with Crippen molar-refractivity contribution < 1.29 is 19.0 Å². The van der Waals surface area contributed by atoms with Gasteiger partial charge in [0.25, 0.3) is 0 Å². The number of rotatable bonds is 7. The molecule has 0 saturated carbocycles. The maximum atomic E-state index is 12.9. The average Bonchev–Trinajstić information content (AvgIpc) is 2.60. The summed E-state index contributed by atoms with van der Waals surface area (Å²) in [6, 6.07) is 10.6. The molecule has 0 aliphatic heterocycles. The van der Waals surface area contributed by atoms with Crippen molar-refractivity contribution in [1.29, 1.82) is 0 Å². The zero-order valence-electron chi connectivity index (χ0n) is 14.5. The lowest BCUT2D eigenvalue weighted by molar-refractivity contribution is 0.0785. The van der Waals surface area contributed by atoms with Crippen LogP contribution in [0.1, 0.15) is 29.3 Å². The van der Waals surface area contributed by atoms with Crippen molar-refractivity contribution in [2.24, 2.45) is 0 Å². The summed E-state index contributed by atoms with van der Waals surface area (Å²) >= 11 is 0. The van der Waals surface area contributed by atoms with E-state index in [9.17, 15) is 4.79 Å². The van der Waals surface area contributed by atoms with Crippen molar-refractivity contribution in [3.63, 3.8) is 0 Å². The standard InChI is InChI=1S/C19H23NO4/c1-5-16(24-17-9-6-12(2)10-15(17)20)19(21)14-8-7-13(22-3)11-18(14)23-4/h6-11,16H,5,20H2,1-4H3. The zero-order valence-corrected chi connectivity index (χ0v) is 14.5. The van der Waals surface area contributed by atoms with Gasteiger partial charge in [-0.05, 0) is 43.2 Å². The van der Waals surface area contributed by atoms with Gasteiger partial charge in [-0.25, -0.2) is 0 Å². The number of nitrogens with two attached hydrogens (primary N) is 1. The van der Waals surface area contributed by atoms with Gasteiger partial charge in [0, 0.05) is 6.07 Å². The SMILES string of the molecule is CCC(Oc1ccc(C)cc1N)C(=O)c1ccc(OC)cc1OC. The second-order valence-electron chi connectivity index (χ2n) is 5.49. The van der Waals surface area contributed by atoms with Crippen LogP contribution in [-0.2, 0) is 0 Å². The minimum atomic E-state index is -0.641. The summed E-state index contributed by atoms with van der Waals surface area (Å²) in [5, 5.41) is 0. The monoisotopic (exact) mass is 329 g/mol. The highest BCUT2D eigenvalue weighted by Gasteiger charge is 2.24. The van der Waals surface area contributed by atoms with E-state index < -0.39 is 6.10 Å². The molecule has 0 aliphatic rings.